The Morgan fingerprint density at radius 1 is 0.638 bits per heavy atom. The van der Waals surface area contributed by atoms with Crippen molar-refractivity contribution in [3.8, 4) is 0 Å². The minimum atomic E-state index is -0.197. The number of alkyl carbamates (subject to hydrolysis) is 1. The van der Waals surface area contributed by atoms with Gasteiger partial charge in [0.1, 0.15) is 6.10 Å². The fourth-order valence-corrected chi connectivity index (χ4v) is 12.8. The van der Waals surface area contributed by atoms with Gasteiger partial charge < -0.3 is 20.7 Å². The fourth-order valence-electron chi connectivity index (χ4n) is 12.8. The van der Waals surface area contributed by atoms with E-state index in [4.69, 9.17) is 4.74 Å². The quantitative estimate of drug-likeness (QED) is 0.0542. The molecule has 3 N–H and O–H groups in total. The van der Waals surface area contributed by atoms with Crippen LogP contribution in [0.15, 0.2) is 12.2 Å². The molecule has 4 unspecified atom stereocenters. The van der Waals surface area contributed by atoms with Crippen LogP contribution in [0.4, 0.5) is 4.79 Å². The molecule has 0 spiro atoms. The van der Waals surface area contributed by atoms with Gasteiger partial charge in [-0.2, -0.15) is 0 Å². The molecule has 9 atom stereocenters. The second-order valence-electron chi connectivity index (χ2n) is 20.2. The Morgan fingerprint density at radius 3 is 1.95 bits per heavy atom. The van der Waals surface area contributed by atoms with Gasteiger partial charge >= 0.3 is 6.09 Å². The lowest BCUT2D eigenvalue weighted by molar-refractivity contribution is -0.130. The van der Waals surface area contributed by atoms with E-state index in [1.54, 1.807) is 0 Å². The Labute approximate surface area is 357 Å². The predicted octanol–water partition coefficient (Wildman–Crippen LogP) is 13.0. The van der Waals surface area contributed by atoms with Crippen molar-refractivity contribution in [2.45, 2.75) is 227 Å². The molecule has 0 aromatic heterocycles. The minimum absolute atomic E-state index is 0.0657. The molecule has 334 valence electrons. The second-order valence-corrected chi connectivity index (χ2v) is 20.2. The average Bonchev–Trinajstić information content (AvgIpc) is 3.57. The molecule has 4 saturated carbocycles. The van der Waals surface area contributed by atoms with Crippen LogP contribution in [0.1, 0.15) is 221 Å². The highest BCUT2D eigenvalue weighted by Crippen LogP contribution is 2.68. The third kappa shape index (κ3) is 15.1. The molecule has 0 saturated heterocycles. The van der Waals surface area contributed by atoms with Crippen LogP contribution < -0.4 is 16.0 Å². The van der Waals surface area contributed by atoms with Crippen molar-refractivity contribution in [3.63, 3.8) is 0 Å². The first-order chi connectivity index (χ1) is 28.1. The molecule has 0 aliphatic heterocycles. The van der Waals surface area contributed by atoms with E-state index < -0.39 is 0 Å². The van der Waals surface area contributed by atoms with Crippen LogP contribution in [-0.2, 0) is 14.3 Å². The van der Waals surface area contributed by atoms with E-state index in [1.165, 1.54) is 128 Å². The van der Waals surface area contributed by atoms with E-state index in [9.17, 15) is 14.4 Å². The van der Waals surface area contributed by atoms with Gasteiger partial charge in [-0.25, -0.2) is 4.79 Å². The van der Waals surface area contributed by atoms with Crippen LogP contribution in [0.2, 0.25) is 0 Å². The van der Waals surface area contributed by atoms with Crippen molar-refractivity contribution in [1.82, 2.24) is 16.0 Å². The topological polar surface area (TPSA) is 96.5 Å². The third-order valence-electron chi connectivity index (χ3n) is 16.2. The zero-order valence-corrected chi connectivity index (χ0v) is 38.5. The number of amides is 3. The average molecular weight is 810 g/mol. The number of nitrogens with one attached hydrogen (secondary N) is 3. The van der Waals surface area contributed by atoms with Gasteiger partial charge in [-0.05, 0) is 162 Å². The molecule has 4 aliphatic carbocycles. The third-order valence-corrected chi connectivity index (χ3v) is 16.2. The molecule has 4 aliphatic rings. The lowest BCUT2D eigenvalue weighted by Gasteiger charge is -2.61. The summed E-state index contributed by atoms with van der Waals surface area (Å²) >= 11 is 0. The zero-order valence-electron chi connectivity index (χ0n) is 38.5. The van der Waals surface area contributed by atoms with E-state index >= 15 is 0 Å². The summed E-state index contributed by atoms with van der Waals surface area (Å²) in [5, 5.41) is 9.08. The summed E-state index contributed by atoms with van der Waals surface area (Å²) in [4.78, 5) is 37.2. The molecular weight excluding hydrogens is 719 g/mol. The molecule has 0 bridgehead atoms. The van der Waals surface area contributed by atoms with Crippen LogP contribution >= 0.6 is 0 Å². The van der Waals surface area contributed by atoms with Gasteiger partial charge in [0, 0.05) is 32.5 Å². The van der Waals surface area contributed by atoms with Crippen LogP contribution in [-0.4, -0.2) is 43.6 Å². The van der Waals surface area contributed by atoms with E-state index in [-0.39, 0.29) is 24.0 Å². The maximum atomic E-state index is 12.8. The van der Waals surface area contributed by atoms with Gasteiger partial charge in [-0.3, -0.25) is 9.59 Å². The molecule has 0 heterocycles. The van der Waals surface area contributed by atoms with E-state index in [2.05, 4.69) is 55.8 Å². The monoisotopic (exact) mass is 810 g/mol. The molecule has 0 aromatic rings. The van der Waals surface area contributed by atoms with Crippen molar-refractivity contribution < 1.29 is 19.1 Å². The number of hydrogen-bond acceptors (Lipinski definition) is 4. The first kappa shape index (κ1) is 48.6. The summed E-state index contributed by atoms with van der Waals surface area (Å²) in [6, 6.07) is 0. The normalized spacial score (nSPS) is 29.6. The molecule has 0 radical (unpaired) electrons. The second kappa shape index (κ2) is 26.3. The van der Waals surface area contributed by atoms with Crippen LogP contribution in [0, 0.1) is 46.3 Å². The van der Waals surface area contributed by atoms with E-state index in [0.717, 1.165) is 69.2 Å². The number of hydrogen-bond donors (Lipinski definition) is 3. The molecule has 3 amide bonds. The van der Waals surface area contributed by atoms with Crippen molar-refractivity contribution in [1.29, 1.82) is 0 Å². The highest BCUT2D eigenvalue weighted by atomic mass is 16.6. The Hall–Kier alpha value is -2.05. The SMILES string of the molecule is CCCCCCCC/C=C\CCCCCCCCNC(=O)O[C@@H]1CC[C@@]2(C)C(CCC3C2CC[C@@]2(C)C3CC[C@@H]2[C@H](C)CCC(=O)NCCCCCC(=O)NCC)C1. The summed E-state index contributed by atoms with van der Waals surface area (Å²) in [7, 11) is 0. The van der Waals surface area contributed by atoms with Crippen molar-refractivity contribution >= 4 is 17.9 Å². The van der Waals surface area contributed by atoms with Gasteiger partial charge in [0.05, 0.1) is 0 Å². The number of unbranched alkanes of at least 4 members (excludes halogenated alkanes) is 14. The number of ether oxygens (including phenoxy) is 1. The van der Waals surface area contributed by atoms with Crippen molar-refractivity contribution in [2.24, 2.45) is 46.3 Å². The number of rotatable bonds is 28. The predicted molar refractivity (Wildman–Crippen MR) is 242 cm³/mol. The fraction of sp³-hybridized carbons (Fsp3) is 0.902. The summed E-state index contributed by atoms with van der Waals surface area (Å²) < 4.78 is 6.07. The highest BCUT2D eigenvalue weighted by molar-refractivity contribution is 5.76. The van der Waals surface area contributed by atoms with Gasteiger partial charge in [0.2, 0.25) is 11.8 Å². The van der Waals surface area contributed by atoms with Gasteiger partial charge in [0.15, 0.2) is 0 Å². The van der Waals surface area contributed by atoms with Gasteiger partial charge in [0.25, 0.3) is 0 Å². The Balaban J connectivity index is 1.06. The standard InChI is InChI=1S/C51H91N3O4/c1-6-8-9-10-11-12-13-14-15-16-17-18-19-20-21-24-38-54-49(57)58-42-33-35-50(4)41(39-42)28-29-43-45-31-30-44(51(45,5)36-34-46(43)50)40(3)27-32-48(56)53-37-25-22-23-26-47(55)52-7-2/h14-15,40-46H,6-13,16-39H2,1-5H3,(H,52,55)(H,53,56)(H,54,57)/b15-14-/t40-,41?,42-,43?,44-,45?,46?,50+,51-/m1/s1. The zero-order chi connectivity index (χ0) is 41.6. The molecule has 7 nitrogen and oxygen atoms in total. The van der Waals surface area contributed by atoms with E-state index in [0.29, 0.717) is 54.5 Å². The van der Waals surface area contributed by atoms with E-state index in [1.807, 2.05) is 6.92 Å². The molecule has 4 fully saturated rings. The summed E-state index contributed by atoms with van der Waals surface area (Å²) in [5.41, 5.74) is 0.765. The van der Waals surface area contributed by atoms with Crippen molar-refractivity contribution in [2.75, 3.05) is 19.6 Å². The molecule has 58 heavy (non-hydrogen) atoms. The number of carbonyl (C=O) groups is 3. The van der Waals surface area contributed by atoms with Crippen molar-refractivity contribution in [3.05, 3.63) is 12.2 Å². The molecule has 7 heteroatoms. The van der Waals surface area contributed by atoms with Crippen LogP contribution in [0.3, 0.4) is 0 Å². The lowest BCUT2D eigenvalue weighted by Crippen LogP contribution is -2.54. The van der Waals surface area contributed by atoms with Crippen LogP contribution in [0.5, 0.6) is 0 Å². The van der Waals surface area contributed by atoms with Crippen LogP contribution in [0.25, 0.3) is 0 Å². The highest BCUT2D eigenvalue weighted by Gasteiger charge is 2.60. The summed E-state index contributed by atoms with van der Waals surface area (Å²) in [6.45, 7) is 14.0. The largest absolute Gasteiger partial charge is 0.446 e. The Morgan fingerprint density at radius 2 is 1.24 bits per heavy atom. The molecule has 4 rings (SSSR count). The maximum Gasteiger partial charge on any atom is 0.407 e. The van der Waals surface area contributed by atoms with Gasteiger partial charge in [-0.15, -0.1) is 0 Å². The number of carbonyl (C=O) groups excluding carboxylic acids is 3. The number of allylic oxidation sites excluding steroid dienone is 2. The number of fused-ring (bicyclic) bond motifs is 5. The Bertz CT molecular complexity index is 1220. The Kier molecular flexibility index (Phi) is 22.1. The molecular formula is C51H91N3O4. The molecule has 0 aromatic carbocycles. The summed E-state index contributed by atoms with van der Waals surface area (Å²) in [5.74, 6) is 4.70. The minimum Gasteiger partial charge on any atom is -0.446 e. The lowest BCUT2D eigenvalue weighted by atomic mass is 9.44. The summed E-state index contributed by atoms with van der Waals surface area (Å²) in [6.07, 6.45) is 39.0. The first-order valence-electron chi connectivity index (χ1n) is 25.2. The van der Waals surface area contributed by atoms with Gasteiger partial charge in [-0.1, -0.05) is 104 Å². The first-order valence-corrected chi connectivity index (χ1v) is 25.2. The maximum absolute atomic E-state index is 12.8. The smallest absolute Gasteiger partial charge is 0.407 e.